The second-order valence-electron chi connectivity index (χ2n) is 6.89. The summed E-state index contributed by atoms with van der Waals surface area (Å²) in [6.45, 7) is 0.794. The third-order valence-corrected chi connectivity index (χ3v) is 5.30. The van der Waals surface area contributed by atoms with Gasteiger partial charge < -0.3 is 10.0 Å². The Morgan fingerprint density at radius 3 is 2.58 bits per heavy atom. The lowest BCUT2D eigenvalue weighted by Crippen LogP contribution is -2.60. The van der Waals surface area contributed by atoms with Crippen LogP contribution in [0.5, 0.6) is 0 Å². The highest BCUT2D eigenvalue weighted by Gasteiger charge is 2.46. The highest BCUT2D eigenvalue weighted by atomic mass is 16.3. The highest BCUT2D eigenvalue weighted by Crippen LogP contribution is 2.37. The predicted molar refractivity (Wildman–Crippen MR) is 99.5 cm³/mol. The molecule has 0 radical (unpaired) electrons. The predicted octanol–water partition coefficient (Wildman–Crippen LogP) is 2.22. The number of rotatable bonds is 3. The summed E-state index contributed by atoms with van der Waals surface area (Å²) in [6.07, 6.45) is -0.0776. The van der Waals surface area contributed by atoms with Crippen LogP contribution in [0.3, 0.4) is 0 Å². The number of hydrogen-bond donors (Lipinski definition) is 1. The number of piperidine rings is 1. The van der Waals surface area contributed by atoms with Crippen molar-refractivity contribution in [1.82, 2.24) is 9.80 Å². The molecule has 26 heavy (non-hydrogen) atoms. The Morgan fingerprint density at radius 1 is 1.23 bits per heavy atom. The normalized spacial score (nSPS) is 22.9. The summed E-state index contributed by atoms with van der Waals surface area (Å²) < 4.78 is 0. The van der Waals surface area contributed by atoms with E-state index >= 15 is 0 Å². The standard InChI is InChI=1S/C21H23N3O2/c1-23(2)21(18-9-4-3-5-10-18)11-12-24(15-19(21)25)20(26)17-8-6-7-16(13-17)14-22/h3-10,13,19,25H,11-12,15H2,1-2H3/t19-,21+/m1/s1. The lowest BCUT2D eigenvalue weighted by molar-refractivity contribution is -0.0612. The first-order valence-electron chi connectivity index (χ1n) is 8.69. The van der Waals surface area contributed by atoms with Gasteiger partial charge in [0.15, 0.2) is 0 Å². The van der Waals surface area contributed by atoms with Crippen LogP contribution in [0.4, 0.5) is 0 Å². The number of nitrogens with zero attached hydrogens (tertiary/aromatic N) is 3. The SMILES string of the molecule is CN(C)[C@]1(c2ccccc2)CCN(C(=O)c2cccc(C#N)c2)C[C@H]1O. The maximum Gasteiger partial charge on any atom is 0.253 e. The fraction of sp³-hybridized carbons (Fsp3) is 0.333. The maximum atomic E-state index is 12.8. The average molecular weight is 349 g/mol. The van der Waals surface area contributed by atoms with Crippen LogP contribution in [0.2, 0.25) is 0 Å². The van der Waals surface area contributed by atoms with E-state index in [-0.39, 0.29) is 12.5 Å². The minimum Gasteiger partial charge on any atom is -0.389 e. The molecule has 134 valence electrons. The lowest BCUT2D eigenvalue weighted by Gasteiger charge is -2.49. The van der Waals surface area contributed by atoms with Crippen LogP contribution in [-0.2, 0) is 5.54 Å². The van der Waals surface area contributed by atoms with Gasteiger partial charge in [0.05, 0.1) is 23.3 Å². The van der Waals surface area contributed by atoms with E-state index in [1.807, 2.05) is 49.3 Å². The van der Waals surface area contributed by atoms with Crippen molar-refractivity contribution in [3.8, 4) is 6.07 Å². The number of amides is 1. The van der Waals surface area contributed by atoms with Crippen molar-refractivity contribution < 1.29 is 9.90 Å². The van der Waals surface area contributed by atoms with Crippen LogP contribution >= 0.6 is 0 Å². The number of aliphatic hydroxyl groups is 1. The molecule has 2 aromatic rings. The van der Waals surface area contributed by atoms with Gasteiger partial charge in [-0.1, -0.05) is 36.4 Å². The molecule has 0 aromatic heterocycles. The van der Waals surface area contributed by atoms with Gasteiger partial charge in [0.1, 0.15) is 0 Å². The number of benzene rings is 2. The Bertz CT molecular complexity index is 829. The van der Waals surface area contributed by atoms with Gasteiger partial charge in [0.2, 0.25) is 0 Å². The average Bonchev–Trinajstić information content (AvgIpc) is 2.68. The molecule has 2 aromatic carbocycles. The van der Waals surface area contributed by atoms with E-state index in [0.29, 0.717) is 24.1 Å². The molecule has 1 N–H and O–H groups in total. The molecule has 0 unspecified atom stereocenters. The summed E-state index contributed by atoms with van der Waals surface area (Å²) in [5.74, 6) is -0.151. The summed E-state index contributed by atoms with van der Waals surface area (Å²) in [5, 5.41) is 20.1. The van der Waals surface area contributed by atoms with Gasteiger partial charge in [-0.2, -0.15) is 5.26 Å². The molecule has 0 aliphatic carbocycles. The molecular formula is C21H23N3O2. The summed E-state index contributed by atoms with van der Waals surface area (Å²) in [6, 6.07) is 18.7. The van der Waals surface area contributed by atoms with E-state index in [2.05, 4.69) is 6.07 Å². The molecule has 1 amide bonds. The molecule has 0 spiro atoms. The molecule has 1 aliphatic rings. The third kappa shape index (κ3) is 3.10. The fourth-order valence-corrected chi connectivity index (χ4v) is 3.86. The number of nitriles is 1. The van der Waals surface area contributed by atoms with Crippen molar-refractivity contribution in [1.29, 1.82) is 5.26 Å². The Morgan fingerprint density at radius 2 is 1.96 bits per heavy atom. The van der Waals surface area contributed by atoms with Crippen LogP contribution in [0.25, 0.3) is 0 Å². The van der Waals surface area contributed by atoms with Gasteiger partial charge in [-0.3, -0.25) is 9.69 Å². The number of β-amino-alcohol motifs (C(OH)–C–C–N with tert-alkyl or cyclic N) is 1. The number of carbonyl (C=O) groups excluding carboxylic acids is 1. The quantitative estimate of drug-likeness (QED) is 0.923. The molecule has 1 aliphatic heterocycles. The number of likely N-dealkylation sites (N-methyl/N-ethyl adjacent to an activating group) is 1. The van der Waals surface area contributed by atoms with Crippen LogP contribution in [-0.4, -0.2) is 54.1 Å². The maximum absolute atomic E-state index is 12.8. The Kier molecular flexibility index (Phi) is 5.08. The first kappa shape index (κ1) is 18.1. The Balaban J connectivity index is 1.85. The first-order valence-corrected chi connectivity index (χ1v) is 8.69. The fourth-order valence-electron chi connectivity index (χ4n) is 3.86. The minimum absolute atomic E-state index is 0.151. The van der Waals surface area contributed by atoms with Crippen molar-refractivity contribution in [3.05, 3.63) is 71.3 Å². The van der Waals surface area contributed by atoms with Gasteiger partial charge in [0.25, 0.3) is 5.91 Å². The van der Waals surface area contributed by atoms with Gasteiger partial charge in [-0.25, -0.2) is 0 Å². The van der Waals surface area contributed by atoms with E-state index in [0.717, 1.165) is 5.56 Å². The van der Waals surface area contributed by atoms with E-state index < -0.39 is 11.6 Å². The van der Waals surface area contributed by atoms with Gasteiger partial charge in [0, 0.05) is 18.7 Å². The number of aliphatic hydroxyl groups excluding tert-OH is 1. The molecule has 1 heterocycles. The zero-order valence-electron chi connectivity index (χ0n) is 15.1. The lowest BCUT2D eigenvalue weighted by atomic mass is 9.77. The monoisotopic (exact) mass is 349 g/mol. The molecule has 5 heteroatoms. The molecule has 2 atom stereocenters. The van der Waals surface area contributed by atoms with Gasteiger partial charge in [-0.05, 0) is 44.3 Å². The summed E-state index contributed by atoms with van der Waals surface area (Å²) in [4.78, 5) is 16.5. The van der Waals surface area contributed by atoms with Crippen molar-refractivity contribution >= 4 is 5.91 Å². The van der Waals surface area contributed by atoms with Gasteiger partial charge >= 0.3 is 0 Å². The van der Waals surface area contributed by atoms with Crippen LogP contribution in [0.15, 0.2) is 54.6 Å². The molecular weight excluding hydrogens is 326 g/mol. The highest BCUT2D eigenvalue weighted by molar-refractivity contribution is 5.94. The van der Waals surface area contributed by atoms with E-state index in [1.165, 1.54) is 0 Å². The zero-order valence-corrected chi connectivity index (χ0v) is 15.1. The van der Waals surface area contributed by atoms with Crippen LogP contribution in [0, 0.1) is 11.3 Å². The molecule has 3 rings (SSSR count). The first-order chi connectivity index (χ1) is 12.5. The largest absolute Gasteiger partial charge is 0.389 e. The summed E-state index contributed by atoms with van der Waals surface area (Å²) in [7, 11) is 3.92. The van der Waals surface area contributed by atoms with Crippen LogP contribution < -0.4 is 0 Å². The second-order valence-corrected chi connectivity index (χ2v) is 6.89. The topological polar surface area (TPSA) is 67.6 Å². The molecule has 5 nitrogen and oxygen atoms in total. The second kappa shape index (κ2) is 7.28. The number of carbonyl (C=O) groups is 1. The van der Waals surface area contributed by atoms with Crippen LogP contribution in [0.1, 0.15) is 27.9 Å². The Hall–Kier alpha value is -2.68. The van der Waals surface area contributed by atoms with E-state index in [9.17, 15) is 9.90 Å². The zero-order chi connectivity index (χ0) is 18.7. The third-order valence-electron chi connectivity index (χ3n) is 5.30. The van der Waals surface area contributed by atoms with Crippen molar-refractivity contribution in [3.63, 3.8) is 0 Å². The molecule has 0 bridgehead atoms. The molecule has 1 fully saturated rings. The van der Waals surface area contributed by atoms with E-state index in [4.69, 9.17) is 5.26 Å². The van der Waals surface area contributed by atoms with Gasteiger partial charge in [-0.15, -0.1) is 0 Å². The van der Waals surface area contributed by atoms with Crippen molar-refractivity contribution in [2.45, 2.75) is 18.1 Å². The summed E-state index contributed by atoms with van der Waals surface area (Å²) in [5.41, 5.74) is 1.47. The molecule has 0 saturated carbocycles. The van der Waals surface area contributed by atoms with E-state index in [1.54, 1.807) is 29.2 Å². The smallest absolute Gasteiger partial charge is 0.253 e. The number of hydrogen-bond acceptors (Lipinski definition) is 4. The minimum atomic E-state index is -0.711. The summed E-state index contributed by atoms with van der Waals surface area (Å²) >= 11 is 0. The Labute approximate surface area is 154 Å². The van der Waals surface area contributed by atoms with Crippen molar-refractivity contribution in [2.24, 2.45) is 0 Å². The van der Waals surface area contributed by atoms with Crippen molar-refractivity contribution in [2.75, 3.05) is 27.2 Å². The number of likely N-dealkylation sites (tertiary alicyclic amines) is 1. The molecule has 1 saturated heterocycles.